The molecular weight excluding hydrogens is 212 g/mol. The molecule has 0 aromatic rings. The van der Waals surface area contributed by atoms with Crippen molar-refractivity contribution in [2.75, 3.05) is 20.1 Å². The SMILES string of the molecule is CCN(C)C(=O)CNC(CC(C)C)C(C)(C)C. The lowest BCUT2D eigenvalue weighted by molar-refractivity contribution is -0.129. The van der Waals surface area contributed by atoms with E-state index in [-0.39, 0.29) is 11.3 Å². The number of carbonyl (C=O) groups is 1. The van der Waals surface area contributed by atoms with Gasteiger partial charge in [-0.05, 0) is 24.7 Å². The molecule has 3 heteroatoms. The van der Waals surface area contributed by atoms with Crippen LogP contribution in [0.4, 0.5) is 0 Å². The van der Waals surface area contributed by atoms with E-state index in [0.29, 0.717) is 18.5 Å². The highest BCUT2D eigenvalue weighted by Crippen LogP contribution is 2.24. The number of hydrogen-bond acceptors (Lipinski definition) is 2. The highest BCUT2D eigenvalue weighted by Gasteiger charge is 2.25. The van der Waals surface area contributed by atoms with Crippen LogP contribution in [0.25, 0.3) is 0 Å². The molecule has 0 saturated heterocycles. The monoisotopic (exact) mass is 242 g/mol. The van der Waals surface area contributed by atoms with Crippen LogP contribution in [0.5, 0.6) is 0 Å². The molecule has 0 aromatic heterocycles. The topological polar surface area (TPSA) is 32.3 Å². The molecule has 0 aliphatic heterocycles. The molecule has 0 aliphatic rings. The van der Waals surface area contributed by atoms with Gasteiger partial charge in [-0.2, -0.15) is 0 Å². The molecule has 1 unspecified atom stereocenters. The first-order valence-electron chi connectivity index (χ1n) is 6.65. The second-order valence-corrected chi connectivity index (χ2v) is 6.34. The Morgan fingerprint density at radius 1 is 1.29 bits per heavy atom. The van der Waals surface area contributed by atoms with Crippen molar-refractivity contribution in [1.29, 1.82) is 0 Å². The summed E-state index contributed by atoms with van der Waals surface area (Å²) >= 11 is 0. The van der Waals surface area contributed by atoms with Gasteiger partial charge < -0.3 is 10.2 Å². The van der Waals surface area contributed by atoms with Crippen LogP contribution in [0.3, 0.4) is 0 Å². The van der Waals surface area contributed by atoms with Gasteiger partial charge in [0.2, 0.25) is 5.91 Å². The Labute approximate surface area is 107 Å². The third-order valence-corrected chi connectivity index (χ3v) is 3.15. The van der Waals surface area contributed by atoms with Gasteiger partial charge in [0.15, 0.2) is 0 Å². The van der Waals surface area contributed by atoms with E-state index >= 15 is 0 Å². The van der Waals surface area contributed by atoms with Gasteiger partial charge in [0.1, 0.15) is 0 Å². The Hall–Kier alpha value is -0.570. The molecule has 0 fully saturated rings. The van der Waals surface area contributed by atoms with Crippen molar-refractivity contribution >= 4 is 5.91 Å². The van der Waals surface area contributed by atoms with Crippen molar-refractivity contribution in [2.45, 2.75) is 54.0 Å². The standard InChI is InChI=1S/C14H30N2O/c1-8-16(7)13(17)10-15-12(9-11(2)3)14(4,5)6/h11-12,15H,8-10H2,1-7H3. The number of carbonyl (C=O) groups excluding carboxylic acids is 1. The van der Waals surface area contributed by atoms with Crippen LogP contribution < -0.4 is 5.32 Å². The number of hydrogen-bond donors (Lipinski definition) is 1. The summed E-state index contributed by atoms with van der Waals surface area (Å²) in [6.45, 7) is 14.3. The van der Waals surface area contributed by atoms with Crippen LogP contribution in [0.1, 0.15) is 48.0 Å². The summed E-state index contributed by atoms with van der Waals surface area (Å²) in [7, 11) is 1.85. The number of nitrogens with zero attached hydrogens (tertiary/aromatic N) is 1. The summed E-state index contributed by atoms with van der Waals surface area (Å²) in [4.78, 5) is 13.5. The third-order valence-electron chi connectivity index (χ3n) is 3.15. The van der Waals surface area contributed by atoms with E-state index in [4.69, 9.17) is 0 Å². The van der Waals surface area contributed by atoms with Gasteiger partial charge in [-0.25, -0.2) is 0 Å². The largest absolute Gasteiger partial charge is 0.345 e. The second-order valence-electron chi connectivity index (χ2n) is 6.34. The Morgan fingerprint density at radius 3 is 2.18 bits per heavy atom. The van der Waals surface area contributed by atoms with Crippen molar-refractivity contribution in [2.24, 2.45) is 11.3 Å². The fourth-order valence-corrected chi connectivity index (χ4v) is 1.74. The zero-order valence-electron chi connectivity index (χ0n) is 12.6. The third kappa shape index (κ3) is 6.67. The summed E-state index contributed by atoms with van der Waals surface area (Å²) in [5, 5.41) is 3.41. The van der Waals surface area contributed by atoms with Crippen molar-refractivity contribution < 1.29 is 4.79 Å². The fraction of sp³-hybridized carbons (Fsp3) is 0.929. The summed E-state index contributed by atoms with van der Waals surface area (Å²) in [6, 6.07) is 0.386. The lowest BCUT2D eigenvalue weighted by Crippen LogP contribution is -2.46. The molecule has 1 atom stereocenters. The molecule has 0 saturated carbocycles. The second kappa shape index (κ2) is 7.00. The smallest absolute Gasteiger partial charge is 0.236 e. The zero-order chi connectivity index (χ0) is 13.6. The fourth-order valence-electron chi connectivity index (χ4n) is 1.74. The molecule has 1 N–H and O–H groups in total. The van der Waals surface area contributed by atoms with Gasteiger partial charge in [-0.3, -0.25) is 4.79 Å². The minimum atomic E-state index is 0.172. The molecule has 0 bridgehead atoms. The van der Waals surface area contributed by atoms with E-state index in [1.807, 2.05) is 14.0 Å². The van der Waals surface area contributed by atoms with Crippen LogP contribution in [0.2, 0.25) is 0 Å². The Kier molecular flexibility index (Phi) is 6.76. The lowest BCUT2D eigenvalue weighted by atomic mass is 9.82. The van der Waals surface area contributed by atoms with Crippen LogP contribution in [-0.2, 0) is 4.79 Å². The average Bonchev–Trinajstić information content (AvgIpc) is 2.20. The molecule has 1 amide bonds. The summed E-state index contributed by atoms with van der Waals surface area (Å²) in [6.07, 6.45) is 1.10. The lowest BCUT2D eigenvalue weighted by Gasteiger charge is -2.33. The molecule has 17 heavy (non-hydrogen) atoms. The van der Waals surface area contributed by atoms with E-state index < -0.39 is 0 Å². The van der Waals surface area contributed by atoms with Crippen molar-refractivity contribution in [3.8, 4) is 0 Å². The van der Waals surface area contributed by atoms with E-state index in [1.165, 1.54) is 0 Å². The number of amides is 1. The van der Waals surface area contributed by atoms with Crippen LogP contribution >= 0.6 is 0 Å². The van der Waals surface area contributed by atoms with Crippen LogP contribution in [0.15, 0.2) is 0 Å². The molecule has 0 spiro atoms. The molecular formula is C14H30N2O. The quantitative estimate of drug-likeness (QED) is 0.776. The molecule has 0 radical (unpaired) electrons. The van der Waals surface area contributed by atoms with E-state index in [9.17, 15) is 4.79 Å². The Balaban J connectivity index is 4.32. The van der Waals surface area contributed by atoms with E-state index in [2.05, 4.69) is 39.9 Å². The molecule has 102 valence electrons. The van der Waals surface area contributed by atoms with Gasteiger partial charge in [0.25, 0.3) is 0 Å². The number of likely N-dealkylation sites (N-methyl/N-ethyl adjacent to an activating group) is 1. The van der Waals surface area contributed by atoms with E-state index in [1.54, 1.807) is 4.90 Å². The Bertz CT molecular complexity index is 231. The van der Waals surface area contributed by atoms with Gasteiger partial charge in [0, 0.05) is 19.6 Å². The van der Waals surface area contributed by atoms with Gasteiger partial charge in [-0.15, -0.1) is 0 Å². The van der Waals surface area contributed by atoms with Crippen LogP contribution in [0, 0.1) is 11.3 Å². The first-order chi connectivity index (χ1) is 7.68. The van der Waals surface area contributed by atoms with Gasteiger partial charge in [-0.1, -0.05) is 34.6 Å². The first kappa shape index (κ1) is 16.4. The van der Waals surface area contributed by atoms with Gasteiger partial charge >= 0.3 is 0 Å². The molecule has 0 rings (SSSR count). The van der Waals surface area contributed by atoms with Crippen LogP contribution in [-0.4, -0.2) is 37.0 Å². The predicted octanol–water partition coefficient (Wildman–Crippen LogP) is 2.52. The normalized spacial score (nSPS) is 13.9. The predicted molar refractivity (Wildman–Crippen MR) is 74.0 cm³/mol. The summed E-state index contributed by atoms with van der Waals surface area (Å²) in [5.41, 5.74) is 0.190. The highest BCUT2D eigenvalue weighted by atomic mass is 16.2. The highest BCUT2D eigenvalue weighted by molar-refractivity contribution is 5.77. The average molecular weight is 242 g/mol. The maximum absolute atomic E-state index is 11.8. The molecule has 3 nitrogen and oxygen atoms in total. The molecule has 0 heterocycles. The van der Waals surface area contributed by atoms with Crippen molar-refractivity contribution in [1.82, 2.24) is 10.2 Å². The minimum absolute atomic E-state index is 0.172. The molecule has 0 aliphatic carbocycles. The van der Waals surface area contributed by atoms with Crippen molar-refractivity contribution in [3.63, 3.8) is 0 Å². The summed E-state index contributed by atoms with van der Waals surface area (Å²) < 4.78 is 0. The van der Waals surface area contributed by atoms with Gasteiger partial charge in [0.05, 0.1) is 6.54 Å². The van der Waals surface area contributed by atoms with Crippen molar-refractivity contribution in [3.05, 3.63) is 0 Å². The first-order valence-corrected chi connectivity index (χ1v) is 6.65. The maximum atomic E-state index is 11.8. The minimum Gasteiger partial charge on any atom is -0.345 e. The maximum Gasteiger partial charge on any atom is 0.236 e. The molecule has 0 aromatic carbocycles. The van der Waals surface area contributed by atoms with E-state index in [0.717, 1.165) is 13.0 Å². The zero-order valence-corrected chi connectivity index (χ0v) is 12.6. The summed E-state index contributed by atoms with van der Waals surface area (Å²) in [5.74, 6) is 0.816. The number of rotatable bonds is 6. The number of nitrogens with one attached hydrogen (secondary N) is 1. The Morgan fingerprint density at radius 2 is 1.82 bits per heavy atom.